The molecule has 0 aromatic carbocycles. The number of hydrogen-bond donors (Lipinski definition) is 2. The summed E-state index contributed by atoms with van der Waals surface area (Å²) in [6, 6.07) is 4.41. The average molecular weight is 404 g/mol. The molecule has 0 unspecified atom stereocenters. The predicted molar refractivity (Wildman–Crippen MR) is 114 cm³/mol. The van der Waals surface area contributed by atoms with Crippen molar-refractivity contribution in [2.75, 3.05) is 19.0 Å². The Balaban J connectivity index is 1.31. The first-order valence-corrected chi connectivity index (χ1v) is 10.5. The van der Waals surface area contributed by atoms with Gasteiger partial charge in [-0.05, 0) is 44.2 Å². The third-order valence-electron chi connectivity index (χ3n) is 6.59. The Hall–Kier alpha value is -3.13. The van der Waals surface area contributed by atoms with Crippen molar-refractivity contribution < 1.29 is 9.47 Å². The highest BCUT2D eigenvalue weighted by Gasteiger charge is 2.41. The van der Waals surface area contributed by atoms with Gasteiger partial charge in [0.05, 0.1) is 24.7 Å². The van der Waals surface area contributed by atoms with Gasteiger partial charge < -0.3 is 24.2 Å². The van der Waals surface area contributed by atoms with Crippen molar-refractivity contribution in [2.24, 2.45) is 0 Å². The van der Waals surface area contributed by atoms with E-state index >= 15 is 0 Å². The lowest BCUT2D eigenvalue weighted by atomic mass is 9.77. The molecule has 4 aromatic rings. The lowest BCUT2D eigenvalue weighted by Crippen LogP contribution is -2.48. The predicted octanol–water partition coefficient (Wildman–Crippen LogP) is 3.79. The van der Waals surface area contributed by atoms with Crippen LogP contribution in [0.1, 0.15) is 32.1 Å². The molecule has 5 heterocycles. The molecule has 0 amide bonds. The number of ether oxygens (including phenoxy) is 2. The maximum atomic E-state index is 5.83. The average Bonchev–Trinajstić information content (AvgIpc) is 3.39. The summed E-state index contributed by atoms with van der Waals surface area (Å²) in [5.41, 5.74) is 3.89. The molecule has 30 heavy (non-hydrogen) atoms. The number of aromatic nitrogens is 5. The van der Waals surface area contributed by atoms with Crippen LogP contribution in [0.5, 0.6) is 5.88 Å². The first-order valence-electron chi connectivity index (χ1n) is 10.5. The summed E-state index contributed by atoms with van der Waals surface area (Å²) in [6.07, 6.45) is 13.3. The van der Waals surface area contributed by atoms with Crippen molar-refractivity contribution >= 4 is 22.6 Å². The molecule has 0 bridgehead atoms. The molecule has 154 valence electrons. The van der Waals surface area contributed by atoms with Crippen LogP contribution in [-0.2, 0) is 4.74 Å². The molecule has 8 nitrogen and oxygen atoms in total. The van der Waals surface area contributed by atoms with Crippen LogP contribution in [0.15, 0.2) is 36.9 Å². The second kappa shape index (κ2) is 6.70. The molecule has 2 fully saturated rings. The van der Waals surface area contributed by atoms with E-state index in [1.165, 1.54) is 6.42 Å². The fraction of sp³-hybridized carbons (Fsp3) is 0.409. The highest BCUT2D eigenvalue weighted by Crippen LogP contribution is 2.41. The number of aromatic amines is 1. The summed E-state index contributed by atoms with van der Waals surface area (Å²) in [7, 11) is 1.65. The third-order valence-corrected chi connectivity index (χ3v) is 6.59. The number of anilines is 1. The molecule has 1 saturated heterocycles. The van der Waals surface area contributed by atoms with Crippen LogP contribution < -0.4 is 10.1 Å². The van der Waals surface area contributed by atoms with Gasteiger partial charge in [0.15, 0.2) is 0 Å². The third kappa shape index (κ3) is 2.82. The van der Waals surface area contributed by atoms with Gasteiger partial charge in [0, 0.05) is 42.0 Å². The summed E-state index contributed by atoms with van der Waals surface area (Å²) in [5.74, 6) is 1.17. The van der Waals surface area contributed by atoms with Crippen molar-refractivity contribution in [3.8, 4) is 17.0 Å². The zero-order valence-electron chi connectivity index (χ0n) is 16.9. The Morgan fingerprint density at radius 2 is 2.10 bits per heavy atom. The van der Waals surface area contributed by atoms with Crippen LogP contribution >= 0.6 is 0 Å². The van der Waals surface area contributed by atoms with Gasteiger partial charge in [-0.2, -0.15) is 9.97 Å². The van der Waals surface area contributed by atoms with Gasteiger partial charge in [-0.3, -0.25) is 0 Å². The maximum absolute atomic E-state index is 5.83. The molecule has 1 saturated carbocycles. The maximum Gasteiger partial charge on any atom is 0.228 e. The van der Waals surface area contributed by atoms with Gasteiger partial charge in [0.25, 0.3) is 0 Å². The minimum absolute atomic E-state index is 0.158. The van der Waals surface area contributed by atoms with Crippen LogP contribution in [-0.4, -0.2) is 49.7 Å². The number of pyridine rings is 1. The molecule has 2 aliphatic rings. The van der Waals surface area contributed by atoms with Gasteiger partial charge >= 0.3 is 0 Å². The van der Waals surface area contributed by atoms with Crippen molar-refractivity contribution in [2.45, 2.75) is 43.7 Å². The van der Waals surface area contributed by atoms with E-state index in [0.29, 0.717) is 17.9 Å². The minimum Gasteiger partial charge on any atom is -0.480 e. The molecule has 8 heteroatoms. The standard InChI is InChI=1S/C22H24N6O2/c1-29-20-18-16(14-2-3-17-23-9-10-28(17)13-14)12-24-19(18)26-21(27-20)25-15-4-6-22(7-5-15)8-11-30-22/h2-3,9-10,12-13,15H,4-8,11H2,1H3,(H2,24,25,26,27)/t15-,22+. The van der Waals surface area contributed by atoms with Crippen LogP contribution in [0, 0.1) is 0 Å². The summed E-state index contributed by atoms with van der Waals surface area (Å²) in [4.78, 5) is 17.0. The van der Waals surface area contributed by atoms with Crippen molar-refractivity contribution in [1.29, 1.82) is 0 Å². The molecule has 0 radical (unpaired) electrons. The van der Waals surface area contributed by atoms with E-state index in [1.807, 2.05) is 22.9 Å². The highest BCUT2D eigenvalue weighted by molar-refractivity contribution is 5.97. The van der Waals surface area contributed by atoms with Crippen molar-refractivity contribution in [3.63, 3.8) is 0 Å². The second-order valence-corrected chi connectivity index (χ2v) is 8.29. The summed E-state index contributed by atoms with van der Waals surface area (Å²) in [6.45, 7) is 0.915. The quantitative estimate of drug-likeness (QED) is 0.538. The summed E-state index contributed by atoms with van der Waals surface area (Å²) < 4.78 is 13.5. The van der Waals surface area contributed by atoms with E-state index < -0.39 is 0 Å². The lowest BCUT2D eigenvalue weighted by molar-refractivity contribution is -0.165. The Bertz CT molecular complexity index is 1220. The Kier molecular flexibility index (Phi) is 3.95. The fourth-order valence-electron chi connectivity index (χ4n) is 4.78. The van der Waals surface area contributed by atoms with Crippen molar-refractivity contribution in [3.05, 3.63) is 36.9 Å². The largest absolute Gasteiger partial charge is 0.480 e. The van der Waals surface area contributed by atoms with E-state index in [1.54, 1.807) is 13.3 Å². The van der Waals surface area contributed by atoms with Gasteiger partial charge in [-0.25, -0.2) is 4.98 Å². The van der Waals surface area contributed by atoms with E-state index in [9.17, 15) is 0 Å². The Morgan fingerprint density at radius 1 is 1.23 bits per heavy atom. The molecule has 2 N–H and O–H groups in total. The van der Waals surface area contributed by atoms with Crippen LogP contribution in [0.25, 0.3) is 27.8 Å². The summed E-state index contributed by atoms with van der Waals surface area (Å²) in [5, 5.41) is 4.40. The number of nitrogens with one attached hydrogen (secondary N) is 2. The number of nitrogens with zero attached hydrogens (tertiary/aromatic N) is 4. The number of H-pyrrole nitrogens is 1. The second-order valence-electron chi connectivity index (χ2n) is 8.29. The normalized spacial score (nSPS) is 23.7. The zero-order chi connectivity index (χ0) is 20.1. The van der Waals surface area contributed by atoms with Gasteiger partial charge in [-0.15, -0.1) is 0 Å². The Labute approximate surface area is 173 Å². The van der Waals surface area contributed by atoms with E-state index in [2.05, 4.69) is 32.5 Å². The van der Waals surface area contributed by atoms with E-state index in [0.717, 1.165) is 60.1 Å². The lowest BCUT2D eigenvalue weighted by Gasteiger charge is -2.46. The van der Waals surface area contributed by atoms with E-state index in [-0.39, 0.29) is 5.60 Å². The van der Waals surface area contributed by atoms with Gasteiger partial charge in [-0.1, -0.05) is 0 Å². The topological polar surface area (TPSA) is 89.4 Å². The SMILES string of the molecule is COc1nc(N[C@H]2CC[C@]3(CCO3)CC2)nc2[nH]cc(-c3ccc4nccn4c3)c12. The first-order chi connectivity index (χ1) is 14.7. The highest BCUT2D eigenvalue weighted by atomic mass is 16.5. The number of hydrogen-bond acceptors (Lipinski definition) is 6. The van der Waals surface area contributed by atoms with Gasteiger partial charge in [0.2, 0.25) is 11.8 Å². The molecule has 0 atom stereocenters. The molecule has 1 aliphatic heterocycles. The zero-order valence-corrected chi connectivity index (χ0v) is 16.9. The van der Waals surface area contributed by atoms with E-state index in [4.69, 9.17) is 14.5 Å². The Morgan fingerprint density at radius 3 is 2.87 bits per heavy atom. The number of fused-ring (bicyclic) bond motifs is 2. The van der Waals surface area contributed by atoms with Crippen LogP contribution in [0.4, 0.5) is 5.95 Å². The fourth-order valence-corrected chi connectivity index (χ4v) is 4.78. The molecular formula is C22H24N6O2. The van der Waals surface area contributed by atoms with Crippen LogP contribution in [0.2, 0.25) is 0 Å². The number of rotatable bonds is 4. The number of imidazole rings is 1. The van der Waals surface area contributed by atoms with Gasteiger partial charge in [0.1, 0.15) is 11.3 Å². The van der Waals surface area contributed by atoms with Crippen LogP contribution in [0.3, 0.4) is 0 Å². The first kappa shape index (κ1) is 17.7. The molecule has 1 aliphatic carbocycles. The monoisotopic (exact) mass is 404 g/mol. The molecular weight excluding hydrogens is 380 g/mol. The molecule has 6 rings (SSSR count). The minimum atomic E-state index is 0.158. The summed E-state index contributed by atoms with van der Waals surface area (Å²) >= 11 is 0. The number of methoxy groups -OCH3 is 1. The smallest absolute Gasteiger partial charge is 0.228 e. The molecule has 4 aromatic heterocycles. The van der Waals surface area contributed by atoms with Crippen molar-refractivity contribution in [1.82, 2.24) is 24.3 Å². The molecule has 1 spiro atoms.